The summed E-state index contributed by atoms with van der Waals surface area (Å²) in [6.45, 7) is 3.31. The predicted molar refractivity (Wildman–Crippen MR) is 128 cm³/mol. The molecule has 0 radical (unpaired) electrons. The van der Waals surface area contributed by atoms with Crippen molar-refractivity contribution in [2.75, 3.05) is 12.4 Å². The quantitative estimate of drug-likeness (QED) is 0.369. The molecule has 1 aliphatic rings. The van der Waals surface area contributed by atoms with E-state index in [9.17, 15) is 0 Å². The summed E-state index contributed by atoms with van der Waals surface area (Å²) in [6, 6.07) is 14.2. The predicted octanol–water partition coefficient (Wildman–Crippen LogP) is 6.18. The Balaban J connectivity index is 1.36. The molecule has 0 saturated carbocycles. The van der Waals surface area contributed by atoms with Crippen LogP contribution in [-0.4, -0.2) is 33.8 Å². The van der Waals surface area contributed by atoms with Crippen molar-refractivity contribution in [2.24, 2.45) is 0 Å². The monoisotopic (exact) mass is 476 g/mol. The van der Waals surface area contributed by atoms with Crippen LogP contribution in [0, 0.1) is 6.92 Å². The molecule has 4 rings (SSSR count). The van der Waals surface area contributed by atoms with Crippen LogP contribution >= 0.6 is 35.0 Å². The van der Waals surface area contributed by atoms with Crippen LogP contribution in [0.4, 0.5) is 0 Å². The van der Waals surface area contributed by atoms with Crippen LogP contribution in [0.1, 0.15) is 23.1 Å². The molecule has 2 unspecified atom stereocenters. The minimum atomic E-state index is -0.648. The van der Waals surface area contributed by atoms with Gasteiger partial charge < -0.3 is 14.0 Å². The third kappa shape index (κ3) is 6.27. The van der Waals surface area contributed by atoms with Gasteiger partial charge in [-0.15, -0.1) is 0 Å². The van der Waals surface area contributed by atoms with Crippen molar-refractivity contribution in [3.8, 4) is 0 Å². The Morgan fingerprint density at radius 3 is 2.81 bits per heavy atom. The fraction of sp³-hybridized carbons (Fsp3) is 0.375. The highest BCUT2D eigenvalue weighted by Crippen LogP contribution is 2.33. The van der Waals surface area contributed by atoms with Crippen LogP contribution < -0.4 is 0 Å². The largest absolute Gasteiger partial charge is 0.345 e. The molecule has 164 valence electrons. The van der Waals surface area contributed by atoms with Gasteiger partial charge in [-0.05, 0) is 42.7 Å². The first kappa shape index (κ1) is 22.7. The fourth-order valence-electron chi connectivity index (χ4n) is 3.69. The lowest BCUT2D eigenvalue weighted by Crippen LogP contribution is -2.37. The highest BCUT2D eigenvalue weighted by atomic mass is 35.5. The first-order chi connectivity index (χ1) is 15.0. The Hall–Kier alpha value is -1.50. The molecule has 1 fully saturated rings. The highest BCUT2D eigenvalue weighted by Gasteiger charge is 2.41. The van der Waals surface area contributed by atoms with Crippen LogP contribution in [0.3, 0.4) is 0 Å². The van der Waals surface area contributed by atoms with E-state index in [1.54, 1.807) is 18.0 Å². The highest BCUT2D eigenvalue weighted by molar-refractivity contribution is 7.98. The molecule has 1 aromatic heterocycles. The molecule has 2 aromatic carbocycles. The number of benzene rings is 2. The third-order valence-electron chi connectivity index (χ3n) is 5.38. The van der Waals surface area contributed by atoms with Gasteiger partial charge in [0, 0.05) is 40.4 Å². The van der Waals surface area contributed by atoms with E-state index in [1.807, 2.05) is 35.3 Å². The molecule has 4 nitrogen and oxygen atoms in total. The maximum absolute atomic E-state index is 6.51. The minimum Gasteiger partial charge on any atom is -0.345 e. The molecule has 0 N–H and O–H groups in total. The standard InChI is InChI=1S/C24H26Cl2N2O2S/c1-18-2-4-19(5-3-18)8-9-24(16-28-11-10-27-17-28)29-13-22(30-24)15-31-14-20-12-21(25)6-7-23(20)26/h2-7,10-12,17,22H,8-9,13-16H2,1H3. The van der Waals surface area contributed by atoms with Crippen LogP contribution in [0.15, 0.2) is 61.2 Å². The second-order valence-electron chi connectivity index (χ2n) is 7.93. The van der Waals surface area contributed by atoms with Gasteiger partial charge >= 0.3 is 0 Å². The van der Waals surface area contributed by atoms with Gasteiger partial charge in [0.25, 0.3) is 0 Å². The summed E-state index contributed by atoms with van der Waals surface area (Å²) in [4.78, 5) is 4.17. The maximum atomic E-state index is 6.51. The minimum absolute atomic E-state index is 0.0319. The van der Waals surface area contributed by atoms with E-state index in [1.165, 1.54) is 11.1 Å². The first-order valence-corrected chi connectivity index (χ1v) is 12.3. The van der Waals surface area contributed by atoms with Crippen LogP contribution in [0.2, 0.25) is 10.0 Å². The number of hydrogen-bond acceptors (Lipinski definition) is 4. The molecule has 1 saturated heterocycles. The van der Waals surface area contributed by atoms with Gasteiger partial charge in [0.1, 0.15) is 0 Å². The Bertz CT molecular complexity index is 982. The number of thioether (sulfide) groups is 1. The van der Waals surface area contributed by atoms with Crippen molar-refractivity contribution < 1.29 is 9.47 Å². The van der Waals surface area contributed by atoms with Gasteiger partial charge in [-0.25, -0.2) is 4.98 Å². The number of ether oxygens (including phenoxy) is 2. The summed E-state index contributed by atoms with van der Waals surface area (Å²) < 4.78 is 14.8. The van der Waals surface area contributed by atoms with Crippen LogP contribution in [0.25, 0.3) is 0 Å². The Morgan fingerprint density at radius 1 is 1.19 bits per heavy atom. The molecular formula is C24H26Cl2N2O2S. The molecule has 0 amide bonds. The molecule has 7 heteroatoms. The van der Waals surface area contributed by atoms with E-state index in [0.717, 1.165) is 34.9 Å². The number of aryl methyl sites for hydroxylation is 2. The van der Waals surface area contributed by atoms with Crippen LogP contribution in [-0.2, 0) is 28.2 Å². The fourth-order valence-corrected chi connectivity index (χ4v) is 5.16. The van der Waals surface area contributed by atoms with Gasteiger partial charge in [-0.1, -0.05) is 53.0 Å². The third-order valence-corrected chi connectivity index (χ3v) is 7.11. The molecular weight excluding hydrogens is 451 g/mol. The van der Waals surface area contributed by atoms with E-state index in [0.29, 0.717) is 18.2 Å². The molecule has 0 spiro atoms. The maximum Gasteiger partial charge on any atom is 0.187 e. The van der Waals surface area contributed by atoms with Crippen molar-refractivity contribution in [3.05, 3.63) is 87.9 Å². The van der Waals surface area contributed by atoms with Gasteiger partial charge in [0.05, 0.1) is 25.6 Å². The summed E-state index contributed by atoms with van der Waals surface area (Å²) in [6.07, 6.45) is 7.25. The van der Waals surface area contributed by atoms with E-state index >= 15 is 0 Å². The van der Waals surface area contributed by atoms with Crippen molar-refractivity contribution in [2.45, 2.75) is 44.0 Å². The van der Waals surface area contributed by atoms with E-state index in [-0.39, 0.29) is 6.10 Å². The van der Waals surface area contributed by atoms with Crippen molar-refractivity contribution in [1.29, 1.82) is 0 Å². The summed E-state index contributed by atoms with van der Waals surface area (Å²) in [5.74, 6) is 0.973. The summed E-state index contributed by atoms with van der Waals surface area (Å²) in [5.41, 5.74) is 3.60. The number of nitrogens with zero attached hydrogens (tertiary/aromatic N) is 2. The topological polar surface area (TPSA) is 36.3 Å². The average molecular weight is 477 g/mol. The molecule has 31 heavy (non-hydrogen) atoms. The lowest BCUT2D eigenvalue weighted by atomic mass is 10.0. The zero-order chi connectivity index (χ0) is 21.7. The summed E-state index contributed by atoms with van der Waals surface area (Å²) in [5, 5.41) is 1.45. The smallest absolute Gasteiger partial charge is 0.187 e. The number of aromatic nitrogens is 2. The van der Waals surface area contributed by atoms with E-state index in [2.05, 4.69) is 36.2 Å². The SMILES string of the molecule is Cc1ccc(CCC2(Cn3ccnc3)OCC(CSCc3cc(Cl)ccc3Cl)O2)cc1. The number of rotatable bonds is 9. The molecule has 1 aliphatic heterocycles. The molecule has 3 aromatic rings. The van der Waals surface area contributed by atoms with Crippen molar-refractivity contribution in [3.63, 3.8) is 0 Å². The first-order valence-electron chi connectivity index (χ1n) is 10.4. The Labute approximate surface area is 197 Å². The lowest BCUT2D eigenvalue weighted by Gasteiger charge is -2.28. The van der Waals surface area contributed by atoms with E-state index in [4.69, 9.17) is 32.7 Å². The molecule has 0 bridgehead atoms. The molecule has 2 heterocycles. The molecule has 2 atom stereocenters. The Kier molecular flexibility index (Phi) is 7.62. The number of imidazole rings is 1. The van der Waals surface area contributed by atoms with E-state index < -0.39 is 5.79 Å². The average Bonchev–Trinajstić information content (AvgIpc) is 3.41. The number of halogens is 2. The van der Waals surface area contributed by atoms with Gasteiger partial charge in [0.2, 0.25) is 0 Å². The van der Waals surface area contributed by atoms with Crippen LogP contribution in [0.5, 0.6) is 0 Å². The second-order valence-corrected chi connectivity index (χ2v) is 9.81. The normalized spacial score (nSPS) is 20.9. The van der Waals surface area contributed by atoms with Gasteiger partial charge in [0.15, 0.2) is 5.79 Å². The number of hydrogen-bond donors (Lipinski definition) is 0. The summed E-state index contributed by atoms with van der Waals surface area (Å²) >= 11 is 14.2. The summed E-state index contributed by atoms with van der Waals surface area (Å²) in [7, 11) is 0. The van der Waals surface area contributed by atoms with Gasteiger partial charge in [-0.2, -0.15) is 11.8 Å². The zero-order valence-corrected chi connectivity index (χ0v) is 19.8. The lowest BCUT2D eigenvalue weighted by molar-refractivity contribution is -0.180. The Morgan fingerprint density at radius 2 is 2.03 bits per heavy atom. The van der Waals surface area contributed by atoms with Crippen molar-refractivity contribution in [1.82, 2.24) is 9.55 Å². The second kappa shape index (κ2) is 10.4. The van der Waals surface area contributed by atoms with Crippen molar-refractivity contribution >= 4 is 35.0 Å². The zero-order valence-electron chi connectivity index (χ0n) is 17.5. The van der Waals surface area contributed by atoms with Gasteiger partial charge in [-0.3, -0.25) is 0 Å². The molecule has 0 aliphatic carbocycles.